The molecule has 2 heterocycles. The van der Waals surface area contributed by atoms with Gasteiger partial charge in [-0.05, 0) is 45.2 Å². The fourth-order valence-electron chi connectivity index (χ4n) is 3.24. The van der Waals surface area contributed by atoms with Crippen molar-refractivity contribution in [2.45, 2.75) is 46.1 Å². The minimum absolute atomic E-state index is 0.131. The predicted octanol–water partition coefficient (Wildman–Crippen LogP) is 3.50. The van der Waals surface area contributed by atoms with Gasteiger partial charge >= 0.3 is 5.97 Å². The van der Waals surface area contributed by atoms with Gasteiger partial charge in [0.2, 0.25) is 5.91 Å². The van der Waals surface area contributed by atoms with Crippen LogP contribution in [0.1, 0.15) is 51.8 Å². The number of rotatable bonds is 8. The number of anilines is 1. The Morgan fingerprint density at radius 1 is 1.33 bits per heavy atom. The summed E-state index contributed by atoms with van der Waals surface area (Å²) in [4.78, 5) is 32.5. The Balaban J connectivity index is 1.64. The normalized spacial score (nSPS) is 13.0. The number of thiazole rings is 1. The van der Waals surface area contributed by atoms with Crippen molar-refractivity contribution >= 4 is 39.6 Å². The first-order valence-corrected chi connectivity index (χ1v) is 10.9. The van der Waals surface area contributed by atoms with Gasteiger partial charge in [0.05, 0.1) is 29.4 Å². The van der Waals surface area contributed by atoms with Crippen molar-refractivity contribution in [3.8, 4) is 0 Å². The lowest BCUT2D eigenvalue weighted by Gasteiger charge is -2.15. The lowest BCUT2D eigenvalue weighted by Crippen LogP contribution is -2.30. The van der Waals surface area contributed by atoms with Gasteiger partial charge < -0.3 is 10.1 Å². The smallest absolute Gasteiger partial charge is 0.341 e. The lowest BCUT2D eigenvalue weighted by molar-refractivity contribution is -0.117. The first-order chi connectivity index (χ1) is 13.0. The molecular formula is C19H25N3O3S2. The van der Waals surface area contributed by atoms with E-state index in [9.17, 15) is 9.59 Å². The summed E-state index contributed by atoms with van der Waals surface area (Å²) in [5, 5.41) is 6.70. The number of esters is 1. The summed E-state index contributed by atoms with van der Waals surface area (Å²) in [6, 6.07) is 0. The maximum atomic E-state index is 12.5. The Kier molecular flexibility index (Phi) is 6.62. The van der Waals surface area contributed by atoms with Crippen molar-refractivity contribution < 1.29 is 14.3 Å². The van der Waals surface area contributed by atoms with Gasteiger partial charge in [-0.3, -0.25) is 9.69 Å². The first kappa shape index (κ1) is 20.0. The molecule has 2 aromatic rings. The maximum Gasteiger partial charge on any atom is 0.341 e. The molecule has 1 amide bonds. The first-order valence-electron chi connectivity index (χ1n) is 9.25. The van der Waals surface area contributed by atoms with E-state index in [0.717, 1.165) is 41.9 Å². The Morgan fingerprint density at radius 3 is 2.85 bits per heavy atom. The predicted molar refractivity (Wildman–Crippen MR) is 109 cm³/mol. The second-order valence-corrected chi connectivity index (χ2v) is 8.64. The molecule has 0 radical (unpaired) electrons. The van der Waals surface area contributed by atoms with Crippen LogP contribution in [-0.4, -0.2) is 42.0 Å². The van der Waals surface area contributed by atoms with Gasteiger partial charge in [-0.25, -0.2) is 9.78 Å². The van der Waals surface area contributed by atoms with E-state index < -0.39 is 0 Å². The summed E-state index contributed by atoms with van der Waals surface area (Å²) in [6.45, 7) is 5.06. The van der Waals surface area contributed by atoms with E-state index in [1.807, 2.05) is 17.3 Å². The van der Waals surface area contributed by atoms with E-state index in [-0.39, 0.29) is 18.4 Å². The Labute approximate surface area is 167 Å². The molecule has 0 aliphatic heterocycles. The zero-order valence-corrected chi connectivity index (χ0v) is 17.6. The summed E-state index contributed by atoms with van der Waals surface area (Å²) in [7, 11) is 1.89. The molecule has 0 saturated carbocycles. The Morgan fingerprint density at radius 2 is 2.15 bits per heavy atom. The number of amides is 1. The number of nitrogens with zero attached hydrogens (tertiary/aromatic N) is 2. The Hall–Kier alpha value is -1.77. The van der Waals surface area contributed by atoms with Crippen molar-refractivity contribution in [1.29, 1.82) is 0 Å². The third kappa shape index (κ3) is 4.75. The summed E-state index contributed by atoms with van der Waals surface area (Å²) in [5.74, 6) is -0.468. The van der Waals surface area contributed by atoms with Crippen LogP contribution in [0.4, 0.5) is 5.00 Å². The van der Waals surface area contributed by atoms with Crippen LogP contribution < -0.4 is 5.32 Å². The standard InChI is InChI=1S/C19H25N3O3S2/c1-4-16-20-12(11-26-16)9-22(3)10-15(23)21-18-17(19(24)25-5-2)13-7-6-8-14(13)27-18/h11H,4-10H2,1-3H3,(H,21,23). The van der Waals surface area contributed by atoms with Crippen molar-refractivity contribution in [2.75, 3.05) is 25.5 Å². The minimum Gasteiger partial charge on any atom is -0.462 e. The highest BCUT2D eigenvalue weighted by molar-refractivity contribution is 7.17. The van der Waals surface area contributed by atoms with Crippen LogP contribution in [0.25, 0.3) is 0 Å². The molecule has 6 nitrogen and oxygen atoms in total. The largest absolute Gasteiger partial charge is 0.462 e. The summed E-state index contributed by atoms with van der Waals surface area (Å²) >= 11 is 3.15. The highest BCUT2D eigenvalue weighted by Crippen LogP contribution is 2.39. The van der Waals surface area contributed by atoms with Gasteiger partial charge in [-0.15, -0.1) is 22.7 Å². The van der Waals surface area contributed by atoms with Crippen molar-refractivity contribution in [3.05, 3.63) is 32.1 Å². The highest BCUT2D eigenvalue weighted by atomic mass is 32.1. The van der Waals surface area contributed by atoms with Crippen LogP contribution in [-0.2, 0) is 35.3 Å². The molecule has 0 fully saturated rings. The second-order valence-electron chi connectivity index (χ2n) is 6.59. The van der Waals surface area contributed by atoms with E-state index in [4.69, 9.17) is 4.74 Å². The molecule has 146 valence electrons. The van der Waals surface area contributed by atoms with E-state index in [1.165, 1.54) is 16.2 Å². The number of likely N-dealkylation sites (N-methyl/N-ethyl adjacent to an activating group) is 1. The van der Waals surface area contributed by atoms with Crippen LogP contribution >= 0.6 is 22.7 Å². The molecular weight excluding hydrogens is 382 g/mol. The molecule has 27 heavy (non-hydrogen) atoms. The summed E-state index contributed by atoms with van der Waals surface area (Å²) in [5.41, 5.74) is 2.59. The monoisotopic (exact) mass is 407 g/mol. The average Bonchev–Trinajstić information content (AvgIpc) is 3.30. The van der Waals surface area contributed by atoms with Crippen LogP contribution in [0.2, 0.25) is 0 Å². The van der Waals surface area contributed by atoms with E-state index >= 15 is 0 Å². The number of carbonyl (C=O) groups excluding carboxylic acids is 2. The summed E-state index contributed by atoms with van der Waals surface area (Å²) < 4.78 is 5.21. The molecule has 0 aromatic carbocycles. The maximum absolute atomic E-state index is 12.5. The van der Waals surface area contributed by atoms with Gasteiger partial charge in [0.25, 0.3) is 0 Å². The van der Waals surface area contributed by atoms with Gasteiger partial charge in [-0.1, -0.05) is 6.92 Å². The minimum atomic E-state index is -0.338. The molecule has 8 heteroatoms. The molecule has 2 aromatic heterocycles. The zero-order chi connectivity index (χ0) is 19.4. The number of thiophene rings is 1. The fraction of sp³-hybridized carbons (Fsp3) is 0.526. The quantitative estimate of drug-likeness (QED) is 0.678. The SMILES string of the molecule is CCOC(=O)c1c(NC(=O)CN(C)Cc2csc(CC)n2)sc2c1CCC2. The van der Waals surface area contributed by atoms with Crippen LogP contribution in [0.3, 0.4) is 0 Å². The molecule has 1 aliphatic rings. The van der Waals surface area contributed by atoms with E-state index in [2.05, 4.69) is 17.2 Å². The van der Waals surface area contributed by atoms with Crippen LogP contribution in [0, 0.1) is 0 Å². The van der Waals surface area contributed by atoms with Crippen molar-refractivity contribution in [3.63, 3.8) is 0 Å². The molecule has 0 saturated heterocycles. The average molecular weight is 408 g/mol. The summed E-state index contributed by atoms with van der Waals surface area (Å²) in [6.07, 6.45) is 3.82. The second kappa shape index (κ2) is 8.95. The highest BCUT2D eigenvalue weighted by Gasteiger charge is 2.28. The number of carbonyl (C=O) groups is 2. The number of ether oxygens (including phenoxy) is 1. The fourth-order valence-corrected chi connectivity index (χ4v) is 5.27. The number of fused-ring (bicyclic) bond motifs is 1. The lowest BCUT2D eigenvalue weighted by atomic mass is 10.1. The molecule has 3 rings (SSSR count). The molecule has 1 N–H and O–H groups in total. The third-order valence-corrected chi connectivity index (χ3v) is 6.65. The number of hydrogen-bond acceptors (Lipinski definition) is 7. The molecule has 0 bridgehead atoms. The third-order valence-electron chi connectivity index (χ3n) is 4.40. The number of nitrogens with one attached hydrogen (secondary N) is 1. The van der Waals surface area contributed by atoms with Gasteiger partial charge in [0.1, 0.15) is 5.00 Å². The van der Waals surface area contributed by atoms with Gasteiger partial charge in [0.15, 0.2) is 0 Å². The number of aryl methyl sites for hydroxylation is 2. The van der Waals surface area contributed by atoms with Crippen LogP contribution in [0.5, 0.6) is 0 Å². The molecule has 1 aliphatic carbocycles. The van der Waals surface area contributed by atoms with E-state index in [0.29, 0.717) is 23.7 Å². The molecule has 0 spiro atoms. The van der Waals surface area contributed by atoms with E-state index in [1.54, 1.807) is 18.3 Å². The van der Waals surface area contributed by atoms with Gasteiger partial charge in [0, 0.05) is 16.8 Å². The Bertz CT molecular complexity index is 828. The van der Waals surface area contributed by atoms with Gasteiger partial charge in [-0.2, -0.15) is 0 Å². The van der Waals surface area contributed by atoms with Crippen LogP contribution in [0.15, 0.2) is 5.38 Å². The number of aromatic nitrogens is 1. The molecule has 0 atom stereocenters. The zero-order valence-electron chi connectivity index (χ0n) is 16.0. The topological polar surface area (TPSA) is 71.5 Å². The van der Waals surface area contributed by atoms with Crippen molar-refractivity contribution in [2.24, 2.45) is 0 Å². The molecule has 0 unspecified atom stereocenters. The number of hydrogen-bond donors (Lipinski definition) is 1. The van der Waals surface area contributed by atoms with Crippen molar-refractivity contribution in [1.82, 2.24) is 9.88 Å².